The number of nitro groups is 1. The third-order valence-corrected chi connectivity index (χ3v) is 4.91. The Labute approximate surface area is 138 Å². The number of nitrogens with zero attached hydrogens (tertiary/aromatic N) is 4. The van der Waals surface area contributed by atoms with Gasteiger partial charge in [0.1, 0.15) is 0 Å². The molecule has 1 fully saturated rings. The summed E-state index contributed by atoms with van der Waals surface area (Å²) in [5, 5.41) is 12.5. The smallest absolute Gasteiger partial charge is 0.311 e. The maximum Gasteiger partial charge on any atom is 0.311 e. The molecule has 23 heavy (non-hydrogen) atoms. The van der Waals surface area contributed by atoms with Gasteiger partial charge in [-0.1, -0.05) is 0 Å². The van der Waals surface area contributed by atoms with Crippen molar-refractivity contribution in [3.63, 3.8) is 0 Å². The minimum absolute atomic E-state index is 0.0143. The SMILES string of the molecule is CCN(Cc1cnc(C2CC2)s1)c1nc(OC)ccc1[N+](=O)[O-]. The Bertz CT molecular complexity index is 714. The molecule has 0 bridgehead atoms. The number of rotatable bonds is 7. The minimum Gasteiger partial charge on any atom is -0.481 e. The fourth-order valence-electron chi connectivity index (χ4n) is 2.35. The average Bonchev–Trinajstić information content (AvgIpc) is 3.31. The summed E-state index contributed by atoms with van der Waals surface area (Å²) in [4.78, 5) is 22.6. The molecule has 0 unspecified atom stereocenters. The Morgan fingerprint density at radius 3 is 2.87 bits per heavy atom. The highest BCUT2D eigenvalue weighted by molar-refractivity contribution is 7.11. The van der Waals surface area contributed by atoms with Crippen LogP contribution in [0.1, 0.15) is 35.6 Å². The van der Waals surface area contributed by atoms with Crippen molar-refractivity contribution in [1.82, 2.24) is 9.97 Å². The number of hydrogen-bond donors (Lipinski definition) is 0. The molecule has 0 N–H and O–H groups in total. The Morgan fingerprint density at radius 2 is 2.26 bits per heavy atom. The molecule has 2 aromatic rings. The van der Waals surface area contributed by atoms with Crippen LogP contribution < -0.4 is 9.64 Å². The van der Waals surface area contributed by atoms with Crippen LogP contribution in [0, 0.1) is 10.1 Å². The first-order chi connectivity index (χ1) is 11.1. The van der Waals surface area contributed by atoms with E-state index in [1.165, 1.54) is 37.1 Å². The Balaban J connectivity index is 1.87. The lowest BCUT2D eigenvalue weighted by Gasteiger charge is -2.21. The van der Waals surface area contributed by atoms with Gasteiger partial charge < -0.3 is 9.64 Å². The van der Waals surface area contributed by atoms with Gasteiger partial charge in [0.2, 0.25) is 11.7 Å². The maximum absolute atomic E-state index is 11.3. The molecule has 2 aromatic heterocycles. The third kappa shape index (κ3) is 3.42. The Morgan fingerprint density at radius 1 is 1.48 bits per heavy atom. The average molecular weight is 334 g/mol. The zero-order valence-corrected chi connectivity index (χ0v) is 13.9. The van der Waals surface area contributed by atoms with Gasteiger partial charge in [-0.2, -0.15) is 4.98 Å². The van der Waals surface area contributed by atoms with E-state index < -0.39 is 4.92 Å². The van der Waals surface area contributed by atoms with Crippen LogP contribution in [0.4, 0.5) is 11.5 Å². The van der Waals surface area contributed by atoms with Crippen molar-refractivity contribution in [3.8, 4) is 5.88 Å². The number of ether oxygens (including phenoxy) is 1. The van der Waals surface area contributed by atoms with Crippen LogP contribution in [0.2, 0.25) is 0 Å². The van der Waals surface area contributed by atoms with Gasteiger partial charge >= 0.3 is 5.69 Å². The number of aromatic nitrogens is 2. The predicted octanol–water partition coefficient (Wildman–Crippen LogP) is 3.36. The maximum atomic E-state index is 11.3. The number of thiazole rings is 1. The van der Waals surface area contributed by atoms with Gasteiger partial charge in [0, 0.05) is 35.7 Å². The van der Waals surface area contributed by atoms with E-state index in [-0.39, 0.29) is 5.69 Å². The lowest BCUT2D eigenvalue weighted by molar-refractivity contribution is -0.384. The molecule has 122 valence electrons. The molecule has 0 saturated heterocycles. The van der Waals surface area contributed by atoms with Crippen LogP contribution in [-0.2, 0) is 6.54 Å². The molecular formula is C15H18N4O3S. The molecule has 7 nitrogen and oxygen atoms in total. The summed E-state index contributed by atoms with van der Waals surface area (Å²) in [6.45, 7) is 3.12. The van der Waals surface area contributed by atoms with E-state index in [0.29, 0.717) is 30.7 Å². The zero-order chi connectivity index (χ0) is 16.4. The second-order valence-corrected chi connectivity index (χ2v) is 6.55. The highest BCUT2D eigenvalue weighted by atomic mass is 32.1. The molecule has 1 aliphatic carbocycles. The van der Waals surface area contributed by atoms with E-state index in [4.69, 9.17) is 4.74 Å². The van der Waals surface area contributed by atoms with Crippen LogP contribution in [0.5, 0.6) is 5.88 Å². The first-order valence-electron chi connectivity index (χ1n) is 7.51. The topological polar surface area (TPSA) is 81.4 Å². The molecule has 0 atom stereocenters. The summed E-state index contributed by atoms with van der Waals surface area (Å²) < 4.78 is 5.11. The molecule has 1 aliphatic rings. The second-order valence-electron chi connectivity index (χ2n) is 5.41. The van der Waals surface area contributed by atoms with Gasteiger partial charge in [-0.05, 0) is 19.8 Å². The van der Waals surface area contributed by atoms with E-state index in [1.807, 2.05) is 18.0 Å². The second kappa shape index (κ2) is 6.49. The van der Waals surface area contributed by atoms with E-state index in [9.17, 15) is 10.1 Å². The lowest BCUT2D eigenvalue weighted by atomic mass is 10.3. The fourth-order valence-corrected chi connectivity index (χ4v) is 3.45. The number of methoxy groups -OCH3 is 1. The van der Waals surface area contributed by atoms with Crippen molar-refractivity contribution in [1.29, 1.82) is 0 Å². The van der Waals surface area contributed by atoms with Gasteiger partial charge in [-0.15, -0.1) is 11.3 Å². The predicted molar refractivity (Wildman–Crippen MR) is 88.3 cm³/mol. The zero-order valence-electron chi connectivity index (χ0n) is 13.1. The molecular weight excluding hydrogens is 316 g/mol. The third-order valence-electron chi connectivity index (χ3n) is 3.76. The van der Waals surface area contributed by atoms with E-state index in [0.717, 1.165) is 4.88 Å². The van der Waals surface area contributed by atoms with Crippen molar-refractivity contribution < 1.29 is 9.66 Å². The normalized spacial score (nSPS) is 13.8. The van der Waals surface area contributed by atoms with Gasteiger partial charge in [-0.25, -0.2) is 4.98 Å². The van der Waals surface area contributed by atoms with Crippen LogP contribution in [0.3, 0.4) is 0 Å². The quantitative estimate of drug-likeness (QED) is 0.570. The van der Waals surface area contributed by atoms with E-state index in [2.05, 4.69) is 9.97 Å². The van der Waals surface area contributed by atoms with Crippen molar-refractivity contribution in [2.75, 3.05) is 18.6 Å². The molecule has 3 rings (SSSR count). The molecule has 8 heteroatoms. The van der Waals surface area contributed by atoms with Crippen molar-refractivity contribution >= 4 is 22.8 Å². The van der Waals surface area contributed by atoms with Crippen LogP contribution in [0.15, 0.2) is 18.3 Å². The van der Waals surface area contributed by atoms with Crippen LogP contribution in [-0.4, -0.2) is 28.5 Å². The fraction of sp³-hybridized carbons (Fsp3) is 0.467. The van der Waals surface area contributed by atoms with Gasteiger partial charge in [0.05, 0.1) is 23.6 Å². The molecule has 0 amide bonds. The Kier molecular flexibility index (Phi) is 4.42. The summed E-state index contributed by atoms with van der Waals surface area (Å²) in [5.41, 5.74) is -0.0143. The van der Waals surface area contributed by atoms with Crippen molar-refractivity contribution in [2.45, 2.75) is 32.2 Å². The largest absolute Gasteiger partial charge is 0.481 e. The first-order valence-corrected chi connectivity index (χ1v) is 8.33. The molecule has 0 aliphatic heterocycles. The van der Waals surface area contributed by atoms with Crippen LogP contribution >= 0.6 is 11.3 Å². The lowest BCUT2D eigenvalue weighted by Crippen LogP contribution is -2.23. The molecule has 1 saturated carbocycles. The molecule has 0 aromatic carbocycles. The monoisotopic (exact) mass is 334 g/mol. The Hall–Kier alpha value is -2.22. The summed E-state index contributed by atoms with van der Waals surface area (Å²) in [6.07, 6.45) is 4.30. The first kappa shape index (κ1) is 15.7. The van der Waals surface area contributed by atoms with Gasteiger partial charge in [0.15, 0.2) is 0 Å². The van der Waals surface area contributed by atoms with E-state index >= 15 is 0 Å². The minimum atomic E-state index is -0.410. The standard InChI is InChI=1S/C15H18N4O3S/c1-3-18(9-11-8-16-15(23-11)10-4-5-10)14-12(19(20)21)6-7-13(17-14)22-2/h6-8,10H,3-5,9H2,1-2H3. The van der Waals surface area contributed by atoms with Gasteiger partial charge in [-0.3, -0.25) is 10.1 Å². The van der Waals surface area contributed by atoms with Crippen molar-refractivity contribution in [3.05, 3.63) is 38.3 Å². The van der Waals surface area contributed by atoms with Gasteiger partial charge in [0.25, 0.3) is 0 Å². The number of pyridine rings is 1. The summed E-state index contributed by atoms with van der Waals surface area (Å²) in [5.74, 6) is 1.32. The highest BCUT2D eigenvalue weighted by Crippen LogP contribution is 2.42. The highest BCUT2D eigenvalue weighted by Gasteiger charge is 2.27. The molecule has 0 radical (unpaired) electrons. The molecule has 0 spiro atoms. The van der Waals surface area contributed by atoms with Crippen LogP contribution in [0.25, 0.3) is 0 Å². The number of anilines is 1. The summed E-state index contributed by atoms with van der Waals surface area (Å²) in [7, 11) is 1.50. The summed E-state index contributed by atoms with van der Waals surface area (Å²) >= 11 is 1.68. The van der Waals surface area contributed by atoms with Crippen molar-refractivity contribution in [2.24, 2.45) is 0 Å². The van der Waals surface area contributed by atoms with E-state index in [1.54, 1.807) is 11.3 Å². The number of hydrogen-bond acceptors (Lipinski definition) is 7. The summed E-state index contributed by atoms with van der Waals surface area (Å²) in [6, 6.07) is 2.94. The molecule has 2 heterocycles.